The van der Waals surface area contributed by atoms with Crippen molar-refractivity contribution in [1.82, 2.24) is 4.98 Å². The van der Waals surface area contributed by atoms with E-state index in [0.29, 0.717) is 0 Å². The molecule has 0 aliphatic carbocycles. The van der Waals surface area contributed by atoms with E-state index in [-0.39, 0.29) is 16.6 Å². The molecule has 0 aliphatic heterocycles. The van der Waals surface area contributed by atoms with Crippen molar-refractivity contribution in [3.8, 4) is 5.75 Å². The van der Waals surface area contributed by atoms with Crippen LogP contribution >= 0.6 is 23.2 Å². The fourth-order valence-electron chi connectivity index (χ4n) is 0.783. The van der Waals surface area contributed by atoms with Gasteiger partial charge >= 0.3 is 6.36 Å². The third-order valence-electron chi connectivity index (χ3n) is 1.27. The average Bonchev–Trinajstić information content (AvgIpc) is 2.06. The van der Waals surface area contributed by atoms with Gasteiger partial charge in [0, 0.05) is 6.20 Å². The van der Waals surface area contributed by atoms with E-state index >= 15 is 0 Å². The average molecular weight is 246 g/mol. The van der Waals surface area contributed by atoms with Crippen molar-refractivity contribution < 1.29 is 17.9 Å². The van der Waals surface area contributed by atoms with Gasteiger partial charge < -0.3 is 4.74 Å². The van der Waals surface area contributed by atoms with Crippen LogP contribution in [0.15, 0.2) is 12.3 Å². The highest BCUT2D eigenvalue weighted by Crippen LogP contribution is 2.32. The van der Waals surface area contributed by atoms with Crippen molar-refractivity contribution in [2.45, 2.75) is 12.2 Å². The molecule has 14 heavy (non-hydrogen) atoms. The Kier molecular flexibility index (Phi) is 3.44. The number of pyridine rings is 1. The second-order valence-corrected chi connectivity index (χ2v) is 2.92. The van der Waals surface area contributed by atoms with Crippen LogP contribution in [-0.2, 0) is 5.88 Å². The summed E-state index contributed by atoms with van der Waals surface area (Å²) in [4.78, 5) is 3.60. The lowest BCUT2D eigenvalue weighted by Crippen LogP contribution is -2.18. The molecule has 0 atom stereocenters. The lowest BCUT2D eigenvalue weighted by atomic mass is 10.3. The maximum Gasteiger partial charge on any atom is 0.573 e. The Morgan fingerprint density at radius 3 is 2.57 bits per heavy atom. The van der Waals surface area contributed by atoms with E-state index in [2.05, 4.69) is 9.72 Å². The van der Waals surface area contributed by atoms with Crippen LogP contribution in [0.2, 0.25) is 5.02 Å². The predicted molar refractivity (Wildman–Crippen MR) is 45.5 cm³/mol. The summed E-state index contributed by atoms with van der Waals surface area (Å²) in [5, 5.41) is -0.173. The Labute approximate surface area is 87.6 Å². The molecule has 0 saturated carbocycles. The highest BCUT2D eigenvalue weighted by molar-refractivity contribution is 6.32. The van der Waals surface area contributed by atoms with Crippen molar-refractivity contribution in [1.29, 1.82) is 0 Å². The molecule has 1 aromatic rings. The summed E-state index contributed by atoms with van der Waals surface area (Å²) in [7, 11) is 0. The van der Waals surface area contributed by atoms with Crippen molar-refractivity contribution in [2.75, 3.05) is 0 Å². The van der Waals surface area contributed by atoms with E-state index in [1.807, 2.05) is 0 Å². The Hall–Kier alpha value is -0.680. The maximum absolute atomic E-state index is 11.9. The third-order valence-corrected chi connectivity index (χ3v) is 1.83. The van der Waals surface area contributed by atoms with Gasteiger partial charge in [-0.25, -0.2) is 0 Å². The van der Waals surface area contributed by atoms with Gasteiger partial charge in [-0.3, -0.25) is 4.98 Å². The normalized spacial score (nSPS) is 11.5. The number of alkyl halides is 4. The van der Waals surface area contributed by atoms with Crippen molar-refractivity contribution >= 4 is 23.2 Å². The van der Waals surface area contributed by atoms with Gasteiger partial charge in [0.05, 0.1) is 16.6 Å². The van der Waals surface area contributed by atoms with E-state index in [0.717, 1.165) is 0 Å². The fraction of sp³-hybridized carbons (Fsp3) is 0.286. The minimum absolute atomic E-state index is 0.0449. The third kappa shape index (κ3) is 2.92. The predicted octanol–water partition coefficient (Wildman–Crippen LogP) is 3.37. The molecule has 0 saturated heterocycles. The van der Waals surface area contributed by atoms with Gasteiger partial charge in [-0.15, -0.1) is 24.8 Å². The first-order valence-electron chi connectivity index (χ1n) is 3.39. The fourth-order valence-corrected chi connectivity index (χ4v) is 1.18. The molecule has 0 fully saturated rings. The number of rotatable bonds is 2. The molecule has 0 spiro atoms. The highest BCUT2D eigenvalue weighted by Gasteiger charge is 2.33. The quantitative estimate of drug-likeness (QED) is 0.746. The van der Waals surface area contributed by atoms with Crippen LogP contribution in [-0.4, -0.2) is 11.3 Å². The molecule has 0 aliphatic rings. The van der Waals surface area contributed by atoms with Gasteiger partial charge in [0.15, 0.2) is 5.75 Å². The second kappa shape index (κ2) is 4.23. The topological polar surface area (TPSA) is 22.1 Å². The van der Waals surface area contributed by atoms with Gasteiger partial charge in [-0.1, -0.05) is 11.6 Å². The zero-order chi connectivity index (χ0) is 10.8. The summed E-state index contributed by atoms with van der Waals surface area (Å²) in [5.41, 5.74) is -0.0449. The van der Waals surface area contributed by atoms with E-state index in [4.69, 9.17) is 23.2 Å². The number of nitrogens with zero attached hydrogens (tertiary/aromatic N) is 1. The lowest BCUT2D eigenvalue weighted by Gasteiger charge is -2.12. The zero-order valence-electron chi connectivity index (χ0n) is 6.61. The van der Waals surface area contributed by atoms with E-state index in [1.54, 1.807) is 0 Å². The summed E-state index contributed by atoms with van der Waals surface area (Å²) in [6, 6.07) is 1.19. The summed E-state index contributed by atoms with van der Waals surface area (Å²) < 4.78 is 39.3. The molecule has 78 valence electrons. The van der Waals surface area contributed by atoms with Crippen molar-refractivity contribution in [3.05, 3.63) is 23.0 Å². The SMILES string of the molecule is FC(F)(F)Oc1c(Cl)ccnc1CCl. The van der Waals surface area contributed by atoms with Crippen molar-refractivity contribution in [3.63, 3.8) is 0 Å². The second-order valence-electron chi connectivity index (χ2n) is 2.25. The van der Waals surface area contributed by atoms with Gasteiger partial charge in [-0.05, 0) is 6.07 Å². The number of hydrogen-bond donors (Lipinski definition) is 0. The Morgan fingerprint density at radius 1 is 1.43 bits per heavy atom. The first kappa shape index (κ1) is 11.4. The van der Waals surface area contributed by atoms with Crippen LogP contribution in [0.1, 0.15) is 5.69 Å². The largest absolute Gasteiger partial charge is 0.573 e. The summed E-state index contributed by atoms with van der Waals surface area (Å²) in [5.74, 6) is -0.747. The van der Waals surface area contributed by atoms with Gasteiger partial charge in [0.25, 0.3) is 0 Å². The number of halogens is 5. The molecule has 0 radical (unpaired) electrons. The molecule has 1 heterocycles. The monoisotopic (exact) mass is 245 g/mol. The number of ether oxygens (including phenoxy) is 1. The molecular weight excluding hydrogens is 242 g/mol. The summed E-state index contributed by atoms with van der Waals surface area (Å²) >= 11 is 10.9. The highest BCUT2D eigenvalue weighted by atomic mass is 35.5. The van der Waals surface area contributed by atoms with Gasteiger partial charge in [-0.2, -0.15) is 0 Å². The molecule has 7 heteroatoms. The van der Waals surface area contributed by atoms with Gasteiger partial charge in [0.2, 0.25) is 0 Å². The number of hydrogen-bond acceptors (Lipinski definition) is 2. The minimum atomic E-state index is -4.80. The maximum atomic E-state index is 11.9. The Balaban J connectivity index is 3.05. The van der Waals surface area contributed by atoms with E-state index < -0.39 is 12.1 Å². The molecule has 0 aromatic carbocycles. The first-order chi connectivity index (χ1) is 6.44. The molecule has 0 amide bonds. The van der Waals surface area contributed by atoms with Gasteiger partial charge in [0.1, 0.15) is 0 Å². The van der Waals surface area contributed by atoms with E-state index in [9.17, 15) is 13.2 Å². The standard InChI is InChI=1S/C7H4Cl2F3NO/c8-3-5-6(14-7(10,11)12)4(9)1-2-13-5/h1-2H,3H2. The molecule has 0 N–H and O–H groups in total. The van der Waals surface area contributed by atoms with Crippen LogP contribution in [0.5, 0.6) is 5.75 Å². The Bertz CT molecular complexity index is 329. The molecule has 2 nitrogen and oxygen atoms in total. The molecule has 1 aromatic heterocycles. The van der Waals surface area contributed by atoms with Crippen LogP contribution in [0.4, 0.5) is 13.2 Å². The van der Waals surface area contributed by atoms with Crippen LogP contribution in [0, 0.1) is 0 Å². The summed E-state index contributed by atoms with van der Waals surface area (Å²) in [6.07, 6.45) is -3.54. The van der Waals surface area contributed by atoms with E-state index in [1.165, 1.54) is 12.3 Å². The number of aromatic nitrogens is 1. The first-order valence-corrected chi connectivity index (χ1v) is 4.30. The van der Waals surface area contributed by atoms with Crippen LogP contribution in [0.3, 0.4) is 0 Å². The zero-order valence-corrected chi connectivity index (χ0v) is 8.12. The molecule has 0 bridgehead atoms. The molecule has 0 unspecified atom stereocenters. The van der Waals surface area contributed by atoms with Crippen LogP contribution < -0.4 is 4.74 Å². The lowest BCUT2D eigenvalue weighted by molar-refractivity contribution is -0.274. The smallest absolute Gasteiger partial charge is 0.402 e. The molecule has 1 rings (SSSR count). The van der Waals surface area contributed by atoms with Crippen LogP contribution in [0.25, 0.3) is 0 Å². The molecular formula is C7H4Cl2F3NO. The Morgan fingerprint density at radius 2 is 2.07 bits per heavy atom. The summed E-state index contributed by atoms with van der Waals surface area (Å²) in [6.45, 7) is 0. The minimum Gasteiger partial charge on any atom is -0.402 e. The van der Waals surface area contributed by atoms with Crippen molar-refractivity contribution in [2.24, 2.45) is 0 Å².